The van der Waals surface area contributed by atoms with E-state index in [9.17, 15) is 5.11 Å². The van der Waals surface area contributed by atoms with E-state index in [2.05, 4.69) is 25.7 Å². The first-order valence-electron chi connectivity index (χ1n) is 7.12. The van der Waals surface area contributed by atoms with E-state index in [0.717, 1.165) is 19.5 Å². The van der Waals surface area contributed by atoms with Gasteiger partial charge in [0.25, 0.3) is 0 Å². The van der Waals surface area contributed by atoms with Gasteiger partial charge >= 0.3 is 0 Å². The third-order valence-corrected chi connectivity index (χ3v) is 2.96. The normalized spacial score (nSPS) is 14.1. The zero-order chi connectivity index (χ0) is 14.7. The quantitative estimate of drug-likeness (QED) is 0.514. The van der Waals surface area contributed by atoms with E-state index < -0.39 is 6.10 Å². The Morgan fingerprint density at radius 3 is 2.53 bits per heavy atom. The smallest absolute Gasteiger partial charge is 0.0900 e. The largest absolute Gasteiger partial charge is 0.389 e. The van der Waals surface area contributed by atoms with Crippen LogP contribution in [0.1, 0.15) is 27.2 Å². The van der Waals surface area contributed by atoms with Gasteiger partial charge in [-0.1, -0.05) is 20.8 Å². The number of hydrogen-bond acceptors (Lipinski definition) is 5. The molecule has 1 unspecified atom stereocenters. The Hall–Kier alpha value is -0.200. The van der Waals surface area contributed by atoms with Crippen molar-refractivity contribution in [2.45, 2.75) is 33.3 Å². The molecule has 0 fully saturated rings. The summed E-state index contributed by atoms with van der Waals surface area (Å²) in [7, 11) is 1.64. The summed E-state index contributed by atoms with van der Waals surface area (Å²) in [6, 6.07) is 0. The van der Waals surface area contributed by atoms with Gasteiger partial charge in [-0.05, 0) is 24.9 Å². The summed E-state index contributed by atoms with van der Waals surface area (Å²) in [5.74, 6) is 0. The molecule has 0 aliphatic rings. The van der Waals surface area contributed by atoms with Crippen LogP contribution in [0.5, 0.6) is 0 Å². The highest BCUT2D eigenvalue weighted by molar-refractivity contribution is 4.76. The van der Waals surface area contributed by atoms with Gasteiger partial charge in [0.15, 0.2) is 0 Å². The first-order chi connectivity index (χ1) is 8.95. The molecule has 0 aromatic rings. The van der Waals surface area contributed by atoms with E-state index in [1.807, 2.05) is 0 Å². The first-order valence-corrected chi connectivity index (χ1v) is 7.12. The highest BCUT2D eigenvalue weighted by atomic mass is 16.5. The monoisotopic (exact) mass is 276 g/mol. The van der Waals surface area contributed by atoms with Gasteiger partial charge in [0.05, 0.1) is 25.9 Å². The average Bonchev–Trinajstić information content (AvgIpc) is 2.34. The molecule has 0 aromatic heterocycles. The Labute approximate surface area is 118 Å². The van der Waals surface area contributed by atoms with Crippen molar-refractivity contribution in [2.75, 3.05) is 53.1 Å². The lowest BCUT2D eigenvalue weighted by Crippen LogP contribution is -2.43. The molecule has 0 spiro atoms. The molecular weight excluding hydrogens is 244 g/mol. The molecule has 0 aliphatic carbocycles. The van der Waals surface area contributed by atoms with E-state index in [1.165, 1.54) is 0 Å². The van der Waals surface area contributed by atoms with Gasteiger partial charge in [0.1, 0.15) is 0 Å². The number of nitrogens with zero attached hydrogens (tertiary/aromatic N) is 1. The standard InChI is InChI=1S/C14H32N2O3/c1-5-6-16(12-14(2,3)11-15)9-13(17)10-19-8-7-18-4/h13,17H,5-12,15H2,1-4H3. The predicted molar refractivity (Wildman–Crippen MR) is 78.3 cm³/mol. The number of hydrogen-bond donors (Lipinski definition) is 2. The number of nitrogens with two attached hydrogens (primary N) is 1. The van der Waals surface area contributed by atoms with E-state index >= 15 is 0 Å². The molecule has 0 saturated carbocycles. The van der Waals surface area contributed by atoms with Crippen LogP contribution in [0.2, 0.25) is 0 Å². The minimum absolute atomic E-state index is 0.0752. The maximum atomic E-state index is 9.98. The lowest BCUT2D eigenvalue weighted by Gasteiger charge is -2.32. The maximum Gasteiger partial charge on any atom is 0.0900 e. The zero-order valence-electron chi connectivity index (χ0n) is 13.0. The van der Waals surface area contributed by atoms with Crippen LogP contribution in [0, 0.1) is 5.41 Å². The lowest BCUT2D eigenvalue weighted by molar-refractivity contribution is -0.00448. The van der Waals surface area contributed by atoms with Crippen molar-refractivity contribution in [3.63, 3.8) is 0 Å². The number of aliphatic hydroxyl groups is 1. The SMILES string of the molecule is CCCN(CC(O)COCCOC)CC(C)(C)CN. The average molecular weight is 276 g/mol. The fourth-order valence-electron chi connectivity index (χ4n) is 1.93. The van der Waals surface area contributed by atoms with Crippen molar-refractivity contribution in [2.24, 2.45) is 11.1 Å². The predicted octanol–water partition coefficient (Wildman–Crippen LogP) is 0.707. The molecule has 116 valence electrons. The summed E-state index contributed by atoms with van der Waals surface area (Å²) in [6.45, 7) is 11.0. The molecule has 5 nitrogen and oxygen atoms in total. The van der Waals surface area contributed by atoms with Crippen LogP contribution in [0.15, 0.2) is 0 Å². The Morgan fingerprint density at radius 1 is 1.32 bits per heavy atom. The van der Waals surface area contributed by atoms with Gasteiger partial charge < -0.3 is 25.2 Å². The van der Waals surface area contributed by atoms with E-state index in [-0.39, 0.29) is 5.41 Å². The fourth-order valence-corrected chi connectivity index (χ4v) is 1.93. The molecule has 3 N–H and O–H groups in total. The summed E-state index contributed by atoms with van der Waals surface area (Å²) < 4.78 is 10.2. The van der Waals surface area contributed by atoms with Crippen molar-refractivity contribution < 1.29 is 14.6 Å². The van der Waals surface area contributed by atoms with Gasteiger partial charge in [0, 0.05) is 20.2 Å². The van der Waals surface area contributed by atoms with Crippen molar-refractivity contribution >= 4 is 0 Å². The van der Waals surface area contributed by atoms with Crippen LogP contribution in [0.3, 0.4) is 0 Å². The molecule has 0 radical (unpaired) electrons. The lowest BCUT2D eigenvalue weighted by atomic mass is 9.93. The van der Waals surface area contributed by atoms with Crippen molar-refractivity contribution in [1.82, 2.24) is 4.90 Å². The molecule has 5 heteroatoms. The molecule has 0 amide bonds. The fraction of sp³-hybridized carbons (Fsp3) is 1.00. The summed E-state index contributed by atoms with van der Waals surface area (Å²) in [5, 5.41) is 9.98. The first kappa shape index (κ1) is 18.8. The van der Waals surface area contributed by atoms with Crippen molar-refractivity contribution in [3.05, 3.63) is 0 Å². The van der Waals surface area contributed by atoms with Crippen LogP contribution < -0.4 is 5.73 Å². The highest BCUT2D eigenvalue weighted by Gasteiger charge is 2.21. The van der Waals surface area contributed by atoms with Gasteiger partial charge in [-0.2, -0.15) is 0 Å². The van der Waals surface area contributed by atoms with E-state index in [4.69, 9.17) is 15.2 Å². The summed E-state index contributed by atoms with van der Waals surface area (Å²) in [6.07, 6.45) is 0.606. The molecule has 0 rings (SSSR count). The third-order valence-electron chi connectivity index (χ3n) is 2.96. The number of methoxy groups -OCH3 is 1. The van der Waals surface area contributed by atoms with Gasteiger partial charge in [-0.25, -0.2) is 0 Å². The number of rotatable bonds is 12. The molecule has 0 aromatic carbocycles. The Bertz CT molecular complexity index is 213. The Kier molecular flexibility index (Phi) is 10.5. The summed E-state index contributed by atoms with van der Waals surface area (Å²) >= 11 is 0. The van der Waals surface area contributed by atoms with Crippen molar-refractivity contribution in [1.29, 1.82) is 0 Å². The number of ether oxygens (including phenoxy) is 2. The minimum atomic E-state index is -0.461. The molecule has 0 bridgehead atoms. The second-order valence-electron chi connectivity index (χ2n) is 5.82. The minimum Gasteiger partial charge on any atom is -0.389 e. The van der Waals surface area contributed by atoms with Crippen LogP contribution >= 0.6 is 0 Å². The van der Waals surface area contributed by atoms with Crippen LogP contribution in [0.4, 0.5) is 0 Å². The van der Waals surface area contributed by atoms with Gasteiger partial charge in [-0.15, -0.1) is 0 Å². The van der Waals surface area contributed by atoms with Crippen LogP contribution in [0.25, 0.3) is 0 Å². The summed E-state index contributed by atoms with van der Waals surface area (Å²) in [4.78, 5) is 2.26. The van der Waals surface area contributed by atoms with E-state index in [1.54, 1.807) is 7.11 Å². The third kappa shape index (κ3) is 10.3. The van der Waals surface area contributed by atoms with Crippen LogP contribution in [-0.2, 0) is 9.47 Å². The maximum absolute atomic E-state index is 9.98. The van der Waals surface area contributed by atoms with Gasteiger partial charge in [-0.3, -0.25) is 0 Å². The molecule has 0 aliphatic heterocycles. The highest BCUT2D eigenvalue weighted by Crippen LogP contribution is 2.15. The molecule has 0 heterocycles. The molecular formula is C14H32N2O3. The summed E-state index contributed by atoms with van der Waals surface area (Å²) in [5.41, 5.74) is 5.84. The zero-order valence-corrected chi connectivity index (χ0v) is 13.0. The molecule has 0 saturated heterocycles. The Morgan fingerprint density at radius 2 is 2.00 bits per heavy atom. The number of aliphatic hydroxyl groups excluding tert-OH is 1. The van der Waals surface area contributed by atoms with E-state index in [0.29, 0.717) is 32.9 Å². The molecule has 19 heavy (non-hydrogen) atoms. The Balaban J connectivity index is 4.03. The van der Waals surface area contributed by atoms with Crippen LogP contribution in [-0.4, -0.2) is 69.2 Å². The second kappa shape index (κ2) is 10.6. The topological polar surface area (TPSA) is 68.0 Å². The second-order valence-corrected chi connectivity index (χ2v) is 5.82. The van der Waals surface area contributed by atoms with Gasteiger partial charge in [0.2, 0.25) is 0 Å². The van der Waals surface area contributed by atoms with Crippen molar-refractivity contribution in [3.8, 4) is 0 Å². The molecule has 1 atom stereocenters.